The highest BCUT2D eigenvalue weighted by atomic mass is 16.5. The summed E-state index contributed by atoms with van der Waals surface area (Å²) in [6.45, 7) is 10.3. The van der Waals surface area contributed by atoms with Crippen LogP contribution in [-0.4, -0.2) is 54.0 Å². The molecule has 0 aromatic rings. The molecule has 4 atom stereocenters. The lowest BCUT2D eigenvalue weighted by Gasteiger charge is -2.42. The molecule has 0 radical (unpaired) electrons. The van der Waals surface area contributed by atoms with E-state index in [2.05, 4.69) is 32.6 Å². The van der Waals surface area contributed by atoms with Crippen LogP contribution in [0.1, 0.15) is 34.1 Å². The summed E-state index contributed by atoms with van der Waals surface area (Å²) in [5, 5.41) is 9.57. The smallest absolute Gasteiger partial charge is 0.0678 e. The zero-order valence-corrected chi connectivity index (χ0v) is 11.6. The van der Waals surface area contributed by atoms with Crippen LogP contribution in [0.4, 0.5) is 0 Å². The molecule has 4 unspecified atom stereocenters. The fourth-order valence-corrected chi connectivity index (χ4v) is 2.71. The Hall–Kier alpha value is -0.160. The monoisotopic (exact) mass is 244 g/mol. The number of morpholine rings is 1. The van der Waals surface area contributed by atoms with Gasteiger partial charge in [-0.25, -0.2) is 0 Å². The van der Waals surface area contributed by atoms with Crippen molar-refractivity contribution in [2.24, 2.45) is 11.7 Å². The van der Waals surface area contributed by atoms with Gasteiger partial charge in [-0.05, 0) is 26.2 Å². The van der Waals surface area contributed by atoms with E-state index in [0.29, 0.717) is 5.92 Å². The van der Waals surface area contributed by atoms with Crippen molar-refractivity contribution in [2.75, 3.05) is 19.7 Å². The minimum atomic E-state index is 0.0394. The highest BCUT2D eigenvalue weighted by molar-refractivity contribution is 4.86. The van der Waals surface area contributed by atoms with Crippen molar-refractivity contribution in [3.8, 4) is 0 Å². The first-order chi connectivity index (χ1) is 7.93. The normalized spacial score (nSPS) is 30.5. The second-order valence-corrected chi connectivity index (χ2v) is 5.75. The maximum atomic E-state index is 9.57. The molecule has 0 aromatic carbocycles. The van der Waals surface area contributed by atoms with Crippen molar-refractivity contribution in [1.82, 2.24) is 4.90 Å². The van der Waals surface area contributed by atoms with Crippen molar-refractivity contribution in [1.29, 1.82) is 0 Å². The molecule has 1 rings (SSSR count). The second-order valence-electron chi connectivity index (χ2n) is 5.75. The van der Waals surface area contributed by atoms with Crippen LogP contribution in [0, 0.1) is 5.92 Å². The van der Waals surface area contributed by atoms with Crippen LogP contribution >= 0.6 is 0 Å². The van der Waals surface area contributed by atoms with Crippen molar-refractivity contribution in [2.45, 2.75) is 58.4 Å². The Morgan fingerprint density at radius 2 is 1.82 bits per heavy atom. The number of hydrogen-bond acceptors (Lipinski definition) is 4. The molecule has 4 heteroatoms. The van der Waals surface area contributed by atoms with E-state index in [0.717, 1.165) is 19.5 Å². The van der Waals surface area contributed by atoms with Crippen molar-refractivity contribution < 1.29 is 9.84 Å². The maximum absolute atomic E-state index is 9.57. The Morgan fingerprint density at radius 3 is 2.24 bits per heavy atom. The van der Waals surface area contributed by atoms with Gasteiger partial charge >= 0.3 is 0 Å². The van der Waals surface area contributed by atoms with Crippen molar-refractivity contribution in [3.05, 3.63) is 0 Å². The van der Waals surface area contributed by atoms with Gasteiger partial charge in [-0.2, -0.15) is 0 Å². The first-order valence-corrected chi connectivity index (χ1v) is 6.70. The van der Waals surface area contributed by atoms with Gasteiger partial charge in [0.25, 0.3) is 0 Å². The van der Waals surface area contributed by atoms with Crippen LogP contribution in [0.3, 0.4) is 0 Å². The number of nitrogens with zero attached hydrogens (tertiary/aromatic N) is 1. The summed E-state index contributed by atoms with van der Waals surface area (Å²) in [7, 11) is 0. The van der Waals surface area contributed by atoms with Gasteiger partial charge in [-0.1, -0.05) is 13.8 Å². The third-order valence-corrected chi connectivity index (χ3v) is 3.34. The lowest BCUT2D eigenvalue weighted by molar-refractivity contribution is -0.0892. The fraction of sp³-hybridized carbons (Fsp3) is 1.00. The van der Waals surface area contributed by atoms with Gasteiger partial charge in [0.2, 0.25) is 0 Å². The second kappa shape index (κ2) is 6.69. The van der Waals surface area contributed by atoms with E-state index in [1.807, 2.05) is 0 Å². The van der Waals surface area contributed by atoms with E-state index in [-0.39, 0.29) is 30.9 Å². The highest BCUT2D eigenvalue weighted by Gasteiger charge is 2.31. The van der Waals surface area contributed by atoms with Crippen LogP contribution in [0.15, 0.2) is 0 Å². The number of ether oxygens (including phenoxy) is 1. The van der Waals surface area contributed by atoms with Gasteiger partial charge in [0.05, 0.1) is 18.8 Å². The largest absolute Gasteiger partial charge is 0.395 e. The number of aliphatic hydroxyl groups excluding tert-OH is 1. The topological polar surface area (TPSA) is 58.7 Å². The van der Waals surface area contributed by atoms with Gasteiger partial charge in [0.15, 0.2) is 0 Å². The number of aliphatic hydroxyl groups is 1. The van der Waals surface area contributed by atoms with Crippen molar-refractivity contribution >= 4 is 0 Å². The summed E-state index contributed by atoms with van der Waals surface area (Å²) in [6.07, 6.45) is 1.39. The molecule has 3 N–H and O–H groups in total. The van der Waals surface area contributed by atoms with Crippen LogP contribution < -0.4 is 5.73 Å². The summed E-state index contributed by atoms with van der Waals surface area (Å²) < 4.78 is 5.71. The quantitative estimate of drug-likeness (QED) is 0.752. The molecule has 1 aliphatic rings. The predicted molar refractivity (Wildman–Crippen MR) is 69.9 cm³/mol. The first kappa shape index (κ1) is 14.9. The molecule has 1 saturated heterocycles. The van der Waals surface area contributed by atoms with Gasteiger partial charge in [-0.3, -0.25) is 4.90 Å². The van der Waals surface area contributed by atoms with Gasteiger partial charge in [0.1, 0.15) is 0 Å². The Bertz CT molecular complexity index is 213. The molecule has 0 aromatic heterocycles. The maximum Gasteiger partial charge on any atom is 0.0678 e. The Morgan fingerprint density at radius 1 is 1.29 bits per heavy atom. The van der Waals surface area contributed by atoms with E-state index in [1.54, 1.807) is 0 Å². The summed E-state index contributed by atoms with van der Waals surface area (Å²) in [5.74, 6) is 0.565. The molecule has 4 nitrogen and oxygen atoms in total. The molecule has 102 valence electrons. The third kappa shape index (κ3) is 4.54. The minimum absolute atomic E-state index is 0.0394. The molecule has 0 saturated carbocycles. The van der Waals surface area contributed by atoms with Crippen LogP contribution in [-0.2, 0) is 4.74 Å². The summed E-state index contributed by atoms with van der Waals surface area (Å²) >= 11 is 0. The molecular formula is C13H28N2O2. The van der Waals surface area contributed by atoms with Gasteiger partial charge in [-0.15, -0.1) is 0 Å². The summed E-state index contributed by atoms with van der Waals surface area (Å²) in [5.41, 5.74) is 6.21. The number of hydrogen-bond donors (Lipinski definition) is 2. The third-order valence-electron chi connectivity index (χ3n) is 3.34. The minimum Gasteiger partial charge on any atom is -0.395 e. The predicted octanol–water partition coefficient (Wildman–Crippen LogP) is 0.830. The van der Waals surface area contributed by atoms with E-state index < -0.39 is 0 Å². The van der Waals surface area contributed by atoms with Gasteiger partial charge in [0, 0.05) is 25.2 Å². The zero-order valence-electron chi connectivity index (χ0n) is 11.6. The SMILES string of the molecule is CC(C)CC(N)C(CO)N1CC(C)OC(C)C1. The molecule has 1 aliphatic heterocycles. The average Bonchev–Trinajstić information content (AvgIpc) is 2.15. The summed E-state index contributed by atoms with van der Waals surface area (Å²) in [4.78, 5) is 2.28. The number of rotatable bonds is 5. The fourth-order valence-electron chi connectivity index (χ4n) is 2.71. The molecule has 0 aliphatic carbocycles. The van der Waals surface area contributed by atoms with Crippen LogP contribution in [0.25, 0.3) is 0 Å². The van der Waals surface area contributed by atoms with Gasteiger partial charge < -0.3 is 15.6 Å². The average molecular weight is 244 g/mol. The molecule has 0 spiro atoms. The number of nitrogens with two attached hydrogens (primary N) is 1. The Kier molecular flexibility index (Phi) is 5.86. The lowest BCUT2D eigenvalue weighted by Crippen LogP contribution is -2.57. The van der Waals surface area contributed by atoms with Crippen LogP contribution in [0.5, 0.6) is 0 Å². The molecule has 17 heavy (non-hydrogen) atoms. The van der Waals surface area contributed by atoms with E-state index in [4.69, 9.17) is 10.5 Å². The molecule has 0 amide bonds. The molecular weight excluding hydrogens is 216 g/mol. The van der Waals surface area contributed by atoms with Crippen LogP contribution in [0.2, 0.25) is 0 Å². The standard InChI is InChI=1S/C13H28N2O2/c1-9(2)5-12(14)13(8-16)15-6-10(3)17-11(4)7-15/h9-13,16H,5-8,14H2,1-4H3. The van der Waals surface area contributed by atoms with E-state index in [9.17, 15) is 5.11 Å². The van der Waals surface area contributed by atoms with E-state index >= 15 is 0 Å². The molecule has 0 bridgehead atoms. The highest BCUT2D eigenvalue weighted by Crippen LogP contribution is 2.17. The summed E-state index contributed by atoms with van der Waals surface area (Å²) in [6, 6.07) is 0.101. The Labute approximate surface area is 105 Å². The van der Waals surface area contributed by atoms with E-state index in [1.165, 1.54) is 0 Å². The Balaban J connectivity index is 2.59. The zero-order chi connectivity index (χ0) is 13.0. The lowest BCUT2D eigenvalue weighted by atomic mass is 9.96. The molecule has 1 fully saturated rings. The first-order valence-electron chi connectivity index (χ1n) is 6.70. The molecule has 1 heterocycles. The van der Waals surface area contributed by atoms with Crippen molar-refractivity contribution in [3.63, 3.8) is 0 Å².